The molecule has 2 atom stereocenters. The Morgan fingerprint density at radius 2 is 1.93 bits per heavy atom. The van der Waals surface area contributed by atoms with Crippen LogP contribution in [0.3, 0.4) is 0 Å². The topological polar surface area (TPSA) is 59.2 Å². The van der Waals surface area contributed by atoms with E-state index in [1.807, 2.05) is 17.0 Å². The van der Waals surface area contributed by atoms with Gasteiger partial charge in [-0.3, -0.25) is 4.79 Å². The van der Waals surface area contributed by atoms with Crippen molar-refractivity contribution in [2.45, 2.75) is 31.2 Å². The van der Waals surface area contributed by atoms with Gasteiger partial charge in [-0.2, -0.15) is 4.98 Å². The molecule has 1 aliphatic heterocycles. The predicted octanol–water partition coefficient (Wildman–Crippen LogP) is 3.88. The lowest BCUT2D eigenvalue weighted by Gasteiger charge is -2.25. The zero-order valence-corrected chi connectivity index (χ0v) is 14.6. The third-order valence-electron chi connectivity index (χ3n) is 5.53. The van der Waals surface area contributed by atoms with Gasteiger partial charge in [0.25, 0.3) is 0 Å². The van der Waals surface area contributed by atoms with Gasteiger partial charge in [0.05, 0.1) is 12.0 Å². The first-order valence-electron chi connectivity index (χ1n) is 9.16. The van der Waals surface area contributed by atoms with Crippen molar-refractivity contribution >= 4 is 5.91 Å². The number of rotatable bonds is 3. The summed E-state index contributed by atoms with van der Waals surface area (Å²) in [5, 5.41) is 4.01. The second-order valence-electron chi connectivity index (χ2n) is 7.16. The van der Waals surface area contributed by atoms with Crippen molar-refractivity contribution in [2.75, 3.05) is 6.54 Å². The average Bonchev–Trinajstić information content (AvgIpc) is 3.40. The Morgan fingerprint density at radius 3 is 2.78 bits per heavy atom. The number of benzene rings is 2. The standard InChI is InChI=1S/C21H18FN3O2/c22-16-8-5-14(6-9-16)20-23-21(27-24-20)15-11-19(26)25(12-15)18-10-7-13-3-1-2-4-17(13)18/h1-6,8-9,15,18H,7,10-12H2. The number of hydrogen-bond donors (Lipinski definition) is 0. The van der Waals surface area contributed by atoms with Crippen molar-refractivity contribution in [1.82, 2.24) is 15.0 Å². The molecule has 1 aromatic heterocycles. The fourth-order valence-electron chi connectivity index (χ4n) is 4.17. The third kappa shape index (κ3) is 2.81. The molecule has 1 aliphatic carbocycles. The molecule has 5 nitrogen and oxygen atoms in total. The van der Waals surface area contributed by atoms with E-state index in [2.05, 4.69) is 22.3 Å². The molecule has 2 aromatic carbocycles. The van der Waals surface area contributed by atoms with E-state index in [-0.39, 0.29) is 23.7 Å². The molecule has 2 aliphatic rings. The number of hydrogen-bond acceptors (Lipinski definition) is 4. The minimum absolute atomic E-state index is 0.105. The number of carbonyl (C=O) groups excluding carboxylic acids is 1. The van der Waals surface area contributed by atoms with Crippen LogP contribution in [0.4, 0.5) is 4.39 Å². The summed E-state index contributed by atoms with van der Waals surface area (Å²) in [7, 11) is 0. The molecule has 0 spiro atoms. The molecule has 3 aromatic rings. The second kappa shape index (κ2) is 6.30. The molecule has 0 N–H and O–H groups in total. The molecule has 0 bridgehead atoms. The summed E-state index contributed by atoms with van der Waals surface area (Å²) in [6, 6.07) is 14.4. The van der Waals surface area contributed by atoms with Crippen molar-refractivity contribution in [1.29, 1.82) is 0 Å². The maximum absolute atomic E-state index is 13.1. The Kier molecular flexibility index (Phi) is 3.77. The highest BCUT2D eigenvalue weighted by Gasteiger charge is 2.40. The van der Waals surface area contributed by atoms with E-state index in [9.17, 15) is 9.18 Å². The average molecular weight is 363 g/mol. The molecule has 136 valence electrons. The molecule has 1 amide bonds. The van der Waals surface area contributed by atoms with E-state index in [0.717, 1.165) is 12.8 Å². The zero-order valence-electron chi connectivity index (χ0n) is 14.6. The van der Waals surface area contributed by atoms with Crippen LogP contribution in [0.2, 0.25) is 0 Å². The normalized spacial score (nSPS) is 21.7. The Labute approximate surface area is 155 Å². The maximum atomic E-state index is 13.1. The van der Waals surface area contributed by atoms with Gasteiger partial charge < -0.3 is 9.42 Å². The molecule has 1 saturated heterocycles. The van der Waals surface area contributed by atoms with Gasteiger partial charge in [-0.15, -0.1) is 0 Å². The van der Waals surface area contributed by atoms with Crippen LogP contribution in [0.5, 0.6) is 0 Å². The van der Waals surface area contributed by atoms with Gasteiger partial charge in [0.1, 0.15) is 5.82 Å². The summed E-state index contributed by atoms with van der Waals surface area (Å²) in [5.41, 5.74) is 3.27. The minimum Gasteiger partial charge on any atom is -0.339 e. The van der Waals surface area contributed by atoms with Crippen molar-refractivity contribution < 1.29 is 13.7 Å². The number of carbonyl (C=O) groups is 1. The first-order chi connectivity index (χ1) is 13.2. The van der Waals surface area contributed by atoms with Gasteiger partial charge in [-0.05, 0) is 48.2 Å². The Morgan fingerprint density at radius 1 is 1.11 bits per heavy atom. The first-order valence-corrected chi connectivity index (χ1v) is 9.16. The number of halogens is 1. The molecule has 2 heterocycles. The van der Waals surface area contributed by atoms with Crippen LogP contribution in [0, 0.1) is 5.82 Å². The van der Waals surface area contributed by atoms with Crippen LogP contribution < -0.4 is 0 Å². The molecule has 5 rings (SSSR count). The minimum atomic E-state index is -0.309. The molecule has 6 heteroatoms. The number of amides is 1. The summed E-state index contributed by atoms with van der Waals surface area (Å²) in [6.45, 7) is 0.586. The summed E-state index contributed by atoms with van der Waals surface area (Å²) < 4.78 is 18.5. The molecule has 0 radical (unpaired) electrons. The molecule has 0 saturated carbocycles. The fourth-order valence-corrected chi connectivity index (χ4v) is 4.17. The number of fused-ring (bicyclic) bond motifs is 1. The lowest BCUT2D eigenvalue weighted by atomic mass is 10.1. The Hall–Kier alpha value is -3.02. The Balaban J connectivity index is 1.36. The van der Waals surface area contributed by atoms with Gasteiger partial charge in [0, 0.05) is 18.5 Å². The largest absolute Gasteiger partial charge is 0.339 e. The van der Waals surface area contributed by atoms with Crippen molar-refractivity contribution in [3.8, 4) is 11.4 Å². The molecule has 27 heavy (non-hydrogen) atoms. The van der Waals surface area contributed by atoms with Crippen molar-refractivity contribution in [2.24, 2.45) is 0 Å². The SMILES string of the molecule is O=C1CC(c2nc(-c3ccc(F)cc3)no2)CN1C1CCc2ccccc21. The fraction of sp³-hybridized carbons (Fsp3) is 0.286. The third-order valence-corrected chi connectivity index (χ3v) is 5.53. The van der Waals surface area contributed by atoms with Gasteiger partial charge in [-0.25, -0.2) is 4.39 Å². The van der Waals surface area contributed by atoms with Crippen molar-refractivity contribution in [3.05, 3.63) is 71.4 Å². The van der Waals surface area contributed by atoms with E-state index in [1.54, 1.807) is 12.1 Å². The number of aromatic nitrogens is 2. The van der Waals surface area contributed by atoms with Gasteiger partial charge in [0.15, 0.2) is 0 Å². The summed E-state index contributed by atoms with van der Waals surface area (Å²) >= 11 is 0. The lowest BCUT2D eigenvalue weighted by Crippen LogP contribution is -2.28. The summed E-state index contributed by atoms with van der Waals surface area (Å²) in [6.07, 6.45) is 2.34. The lowest BCUT2D eigenvalue weighted by molar-refractivity contribution is -0.129. The molecular weight excluding hydrogens is 345 g/mol. The molecule has 2 unspecified atom stereocenters. The van der Waals surface area contributed by atoms with Crippen LogP contribution >= 0.6 is 0 Å². The van der Waals surface area contributed by atoms with Gasteiger partial charge in [-0.1, -0.05) is 29.4 Å². The van der Waals surface area contributed by atoms with Gasteiger partial charge in [0.2, 0.25) is 17.6 Å². The van der Waals surface area contributed by atoms with E-state index in [0.29, 0.717) is 30.2 Å². The van der Waals surface area contributed by atoms with Crippen LogP contribution in [-0.2, 0) is 11.2 Å². The van der Waals surface area contributed by atoms with E-state index < -0.39 is 0 Å². The second-order valence-corrected chi connectivity index (χ2v) is 7.16. The highest BCUT2D eigenvalue weighted by atomic mass is 19.1. The van der Waals surface area contributed by atoms with Crippen molar-refractivity contribution in [3.63, 3.8) is 0 Å². The summed E-state index contributed by atoms with van der Waals surface area (Å²) in [5.74, 6) is 0.602. The predicted molar refractivity (Wildman–Crippen MR) is 96.3 cm³/mol. The van der Waals surface area contributed by atoms with Crippen LogP contribution in [0.1, 0.15) is 41.8 Å². The van der Waals surface area contributed by atoms with E-state index in [1.165, 1.54) is 23.3 Å². The number of likely N-dealkylation sites (tertiary alicyclic amines) is 1. The van der Waals surface area contributed by atoms with Crippen LogP contribution in [0.25, 0.3) is 11.4 Å². The quantitative estimate of drug-likeness (QED) is 0.709. The van der Waals surface area contributed by atoms with E-state index in [4.69, 9.17) is 4.52 Å². The maximum Gasteiger partial charge on any atom is 0.232 e. The summed E-state index contributed by atoms with van der Waals surface area (Å²) in [4.78, 5) is 19.1. The molecule has 1 fully saturated rings. The monoisotopic (exact) mass is 363 g/mol. The Bertz CT molecular complexity index is 999. The van der Waals surface area contributed by atoms with E-state index >= 15 is 0 Å². The first kappa shape index (κ1) is 16.2. The molecular formula is C21H18FN3O2. The smallest absolute Gasteiger partial charge is 0.232 e. The number of nitrogens with zero attached hydrogens (tertiary/aromatic N) is 3. The zero-order chi connectivity index (χ0) is 18.4. The highest BCUT2D eigenvalue weighted by Crippen LogP contribution is 2.40. The highest BCUT2D eigenvalue weighted by molar-refractivity contribution is 5.80. The van der Waals surface area contributed by atoms with Crippen LogP contribution in [-0.4, -0.2) is 27.5 Å². The van der Waals surface area contributed by atoms with Crippen LogP contribution in [0.15, 0.2) is 53.1 Å². The van der Waals surface area contributed by atoms with Gasteiger partial charge >= 0.3 is 0 Å². The number of aryl methyl sites for hydroxylation is 1.